The van der Waals surface area contributed by atoms with Crippen LogP contribution in [0.2, 0.25) is 0 Å². The zero-order valence-corrected chi connectivity index (χ0v) is 15.3. The number of likely N-dealkylation sites (N-methyl/N-ethyl adjacent to an activating group) is 1. The van der Waals surface area contributed by atoms with E-state index in [1.165, 1.54) is 5.57 Å². The number of aliphatic imine (C=N–C) groups is 1. The van der Waals surface area contributed by atoms with Crippen molar-refractivity contribution >= 4 is 5.84 Å². The van der Waals surface area contributed by atoms with Gasteiger partial charge in [-0.15, -0.1) is 0 Å². The van der Waals surface area contributed by atoms with Crippen molar-refractivity contribution in [1.82, 2.24) is 4.90 Å². The van der Waals surface area contributed by atoms with Crippen LogP contribution in [0.15, 0.2) is 89.8 Å². The van der Waals surface area contributed by atoms with Crippen LogP contribution in [-0.4, -0.2) is 17.8 Å². The predicted molar refractivity (Wildman–Crippen MR) is 105 cm³/mol. The van der Waals surface area contributed by atoms with Crippen LogP contribution in [0.4, 0.5) is 0 Å². The van der Waals surface area contributed by atoms with Crippen LogP contribution >= 0.6 is 0 Å². The number of hydrogen-bond donors (Lipinski definition) is 0. The summed E-state index contributed by atoms with van der Waals surface area (Å²) in [6.45, 7) is 23.7. The number of hydrogen-bond acceptors (Lipinski definition) is 1. The molecule has 0 aliphatic carbocycles. The van der Waals surface area contributed by atoms with E-state index in [1.54, 1.807) is 12.2 Å². The van der Waals surface area contributed by atoms with Gasteiger partial charge in [0.25, 0.3) is 0 Å². The van der Waals surface area contributed by atoms with Gasteiger partial charge in [0, 0.05) is 24.7 Å². The van der Waals surface area contributed by atoms with Gasteiger partial charge < -0.3 is 4.90 Å². The second kappa shape index (κ2) is 10.4. The fraction of sp³-hybridized carbons (Fsp3) is 0.286. The fourth-order valence-corrected chi connectivity index (χ4v) is 2.00. The Kier molecular flexibility index (Phi) is 9.33. The lowest BCUT2D eigenvalue weighted by Gasteiger charge is -2.22. The van der Waals surface area contributed by atoms with Gasteiger partial charge in [0.05, 0.1) is 5.70 Å². The molecular weight excluding hydrogens is 280 g/mol. The van der Waals surface area contributed by atoms with Crippen LogP contribution in [0.1, 0.15) is 34.1 Å². The zero-order valence-electron chi connectivity index (χ0n) is 15.3. The lowest BCUT2D eigenvalue weighted by atomic mass is 10.1. The first-order valence-electron chi connectivity index (χ1n) is 7.79. The van der Waals surface area contributed by atoms with Gasteiger partial charge in [-0.2, -0.15) is 0 Å². The molecule has 0 aromatic heterocycles. The van der Waals surface area contributed by atoms with Gasteiger partial charge in [0.1, 0.15) is 5.84 Å². The third kappa shape index (κ3) is 6.11. The van der Waals surface area contributed by atoms with Crippen molar-refractivity contribution in [3.8, 4) is 0 Å². The maximum absolute atomic E-state index is 4.77. The van der Waals surface area contributed by atoms with E-state index < -0.39 is 0 Å². The average Bonchev–Trinajstić information content (AvgIpc) is 2.54. The summed E-state index contributed by atoms with van der Waals surface area (Å²) in [5.41, 5.74) is 4.78. The molecule has 0 aromatic carbocycles. The molecule has 2 heteroatoms. The first-order valence-corrected chi connectivity index (χ1v) is 7.79. The molecule has 0 amide bonds. The third-order valence-corrected chi connectivity index (χ3v) is 3.51. The summed E-state index contributed by atoms with van der Waals surface area (Å²) >= 11 is 0. The number of amidine groups is 1. The SMILES string of the molecule is C=C/C(=C\C(C)=C/C)N(C)C(CC)=N/C(C=C)=C(\C=C)C(=C)C. The molecule has 0 bridgehead atoms. The Morgan fingerprint density at radius 3 is 2.04 bits per heavy atom. The highest BCUT2D eigenvalue weighted by Gasteiger charge is 2.09. The summed E-state index contributed by atoms with van der Waals surface area (Å²) in [5, 5.41) is 0. The van der Waals surface area contributed by atoms with Crippen LogP contribution in [0.3, 0.4) is 0 Å². The minimum atomic E-state index is 0.780. The maximum Gasteiger partial charge on any atom is 0.109 e. The Morgan fingerprint density at radius 1 is 1.09 bits per heavy atom. The van der Waals surface area contributed by atoms with Crippen molar-refractivity contribution in [2.75, 3.05) is 7.05 Å². The van der Waals surface area contributed by atoms with Gasteiger partial charge in [0.15, 0.2) is 0 Å². The average molecular weight is 310 g/mol. The monoisotopic (exact) mass is 310 g/mol. The van der Waals surface area contributed by atoms with Gasteiger partial charge in [-0.25, -0.2) is 4.99 Å². The minimum absolute atomic E-state index is 0.780. The summed E-state index contributed by atoms with van der Waals surface area (Å²) < 4.78 is 0. The van der Waals surface area contributed by atoms with Gasteiger partial charge in [-0.05, 0) is 44.6 Å². The van der Waals surface area contributed by atoms with Gasteiger partial charge in [0.2, 0.25) is 0 Å². The summed E-state index contributed by atoms with van der Waals surface area (Å²) in [6.07, 6.45) is 10.3. The highest BCUT2D eigenvalue weighted by molar-refractivity contribution is 5.85. The van der Waals surface area contributed by atoms with Crippen molar-refractivity contribution in [2.45, 2.75) is 34.1 Å². The van der Waals surface area contributed by atoms with Crippen LogP contribution < -0.4 is 0 Å². The lowest BCUT2D eigenvalue weighted by Crippen LogP contribution is -2.25. The van der Waals surface area contributed by atoms with Crippen LogP contribution in [0.25, 0.3) is 0 Å². The molecule has 0 saturated heterocycles. The molecule has 124 valence electrons. The summed E-state index contributed by atoms with van der Waals surface area (Å²) in [4.78, 5) is 6.82. The molecule has 0 aliphatic heterocycles. The third-order valence-electron chi connectivity index (χ3n) is 3.51. The molecule has 0 fully saturated rings. The Balaban J connectivity index is 6.03. The molecule has 0 aromatic rings. The molecule has 0 saturated carbocycles. The maximum atomic E-state index is 4.77. The lowest BCUT2D eigenvalue weighted by molar-refractivity contribution is 0.630. The predicted octanol–water partition coefficient (Wildman–Crippen LogP) is 5.97. The first kappa shape index (κ1) is 20.7. The molecule has 0 heterocycles. The number of nitrogens with zero attached hydrogens (tertiary/aromatic N) is 2. The molecule has 2 nitrogen and oxygen atoms in total. The Morgan fingerprint density at radius 2 is 1.70 bits per heavy atom. The molecule has 0 rings (SSSR count). The molecule has 0 aliphatic rings. The second-order valence-corrected chi connectivity index (χ2v) is 5.23. The van der Waals surface area contributed by atoms with Crippen molar-refractivity contribution in [1.29, 1.82) is 0 Å². The van der Waals surface area contributed by atoms with E-state index in [1.807, 2.05) is 31.9 Å². The summed E-state index contributed by atoms with van der Waals surface area (Å²) in [6, 6.07) is 0. The van der Waals surface area contributed by atoms with Crippen molar-refractivity contribution in [3.63, 3.8) is 0 Å². The fourth-order valence-electron chi connectivity index (χ4n) is 2.00. The van der Waals surface area contributed by atoms with E-state index in [4.69, 9.17) is 4.99 Å². The van der Waals surface area contributed by atoms with Crippen LogP contribution in [-0.2, 0) is 0 Å². The minimum Gasteiger partial charge on any atom is -0.333 e. The normalized spacial score (nSPS) is 14.0. The number of rotatable bonds is 8. The molecule has 0 spiro atoms. The van der Waals surface area contributed by atoms with E-state index >= 15 is 0 Å². The largest absolute Gasteiger partial charge is 0.333 e. The second-order valence-electron chi connectivity index (χ2n) is 5.23. The smallest absolute Gasteiger partial charge is 0.109 e. The highest BCUT2D eigenvalue weighted by atomic mass is 15.2. The van der Waals surface area contributed by atoms with Gasteiger partial charge in [-0.3, -0.25) is 0 Å². The highest BCUT2D eigenvalue weighted by Crippen LogP contribution is 2.18. The van der Waals surface area contributed by atoms with E-state index in [2.05, 4.69) is 52.3 Å². The van der Waals surface area contributed by atoms with Crippen molar-refractivity contribution < 1.29 is 0 Å². The Hall–Kier alpha value is -2.35. The van der Waals surface area contributed by atoms with Crippen molar-refractivity contribution in [2.24, 2.45) is 4.99 Å². The summed E-state index contributed by atoms with van der Waals surface area (Å²) in [5.74, 6) is 0.926. The molecule has 0 atom stereocenters. The zero-order chi connectivity index (χ0) is 18.0. The van der Waals surface area contributed by atoms with Gasteiger partial charge in [-0.1, -0.05) is 51.0 Å². The Bertz CT molecular complexity index is 595. The number of allylic oxidation sites excluding steroid dienone is 8. The Labute approximate surface area is 142 Å². The topological polar surface area (TPSA) is 15.6 Å². The van der Waals surface area contributed by atoms with E-state index in [9.17, 15) is 0 Å². The molecule has 0 N–H and O–H groups in total. The standard InChI is InChI=1S/C21H30N2/c1-10-17(8)15-18(11-2)23(9)21(14-5)22-20(13-4)19(12-3)16(6)7/h10-13,15H,2-4,6,14H2,1,5,7-9H3/b17-10-,18-15+,20-19+,22-21?. The molecule has 0 unspecified atom stereocenters. The van der Waals surface area contributed by atoms with Crippen molar-refractivity contribution in [3.05, 3.63) is 84.8 Å². The van der Waals surface area contributed by atoms with E-state index in [-0.39, 0.29) is 0 Å². The molecule has 0 radical (unpaired) electrons. The van der Waals surface area contributed by atoms with Crippen LogP contribution in [0.5, 0.6) is 0 Å². The molecule has 23 heavy (non-hydrogen) atoms. The van der Waals surface area contributed by atoms with Gasteiger partial charge >= 0.3 is 0 Å². The quantitative estimate of drug-likeness (QED) is 0.306. The first-order chi connectivity index (χ1) is 10.9. The van der Waals surface area contributed by atoms with E-state index in [0.29, 0.717) is 0 Å². The molecular formula is C21H30N2. The summed E-state index contributed by atoms with van der Waals surface area (Å²) in [7, 11) is 1.99. The van der Waals surface area contributed by atoms with E-state index in [0.717, 1.165) is 34.8 Å². The van der Waals surface area contributed by atoms with Crippen LogP contribution in [0, 0.1) is 0 Å².